The minimum atomic E-state index is -0.439. The molecule has 0 aliphatic rings. The van der Waals surface area contributed by atoms with E-state index in [9.17, 15) is 4.79 Å². The molecule has 0 saturated carbocycles. The number of benzene rings is 3. The first kappa shape index (κ1) is 20.8. The maximum absolute atomic E-state index is 11.8. The van der Waals surface area contributed by atoms with Crippen molar-refractivity contribution < 1.29 is 9.53 Å². The molecule has 0 fully saturated rings. The number of methoxy groups -OCH3 is 1. The second kappa shape index (κ2) is 9.54. The van der Waals surface area contributed by atoms with E-state index in [4.69, 9.17) is 28.6 Å². The molecule has 1 atom stereocenters. The van der Waals surface area contributed by atoms with Gasteiger partial charge in [-0.3, -0.25) is 0 Å². The van der Waals surface area contributed by atoms with Crippen molar-refractivity contribution in [2.24, 2.45) is 0 Å². The Kier molecular flexibility index (Phi) is 6.86. The van der Waals surface area contributed by atoms with Gasteiger partial charge in [-0.25, -0.2) is 4.79 Å². The Morgan fingerprint density at radius 2 is 1.66 bits per heavy atom. The second-order valence-electron chi connectivity index (χ2n) is 6.54. The lowest BCUT2D eigenvalue weighted by Gasteiger charge is -2.22. The summed E-state index contributed by atoms with van der Waals surface area (Å²) in [7, 11) is 1.34. The van der Waals surface area contributed by atoms with E-state index in [2.05, 4.69) is 41.8 Å². The summed E-state index contributed by atoms with van der Waals surface area (Å²) >= 11 is 11.8. The number of anilines is 1. The molecule has 0 saturated heterocycles. The summed E-state index contributed by atoms with van der Waals surface area (Å²) in [6.45, 7) is 2.05. The molecule has 0 unspecified atom stereocenters. The zero-order chi connectivity index (χ0) is 20.8. The summed E-state index contributed by atoms with van der Waals surface area (Å²) in [5.41, 5.74) is 4.27. The summed E-state index contributed by atoms with van der Waals surface area (Å²) in [5.74, 6) is -0.439. The van der Waals surface area contributed by atoms with Crippen LogP contribution in [0, 0.1) is 6.92 Å². The highest BCUT2D eigenvalue weighted by molar-refractivity contribution is 7.80. The molecule has 0 spiro atoms. The Balaban J connectivity index is 1.84. The average molecular weight is 425 g/mol. The molecule has 3 rings (SSSR count). The van der Waals surface area contributed by atoms with E-state index in [0.717, 1.165) is 11.1 Å². The molecule has 0 heterocycles. The fraction of sp³-hybridized carbons (Fsp3) is 0.130. The smallest absolute Gasteiger partial charge is 0.337 e. The van der Waals surface area contributed by atoms with Gasteiger partial charge in [-0.05, 0) is 48.5 Å². The highest BCUT2D eigenvalue weighted by atomic mass is 35.5. The maximum Gasteiger partial charge on any atom is 0.337 e. The summed E-state index contributed by atoms with van der Waals surface area (Å²) in [4.78, 5) is 11.8. The second-order valence-corrected chi connectivity index (χ2v) is 7.35. The molecule has 2 N–H and O–H groups in total. The molecular formula is C23H21ClN2O2S. The Labute approximate surface area is 180 Å². The van der Waals surface area contributed by atoms with E-state index in [0.29, 0.717) is 21.4 Å². The third kappa shape index (κ3) is 5.34. The van der Waals surface area contributed by atoms with Crippen molar-refractivity contribution in [1.82, 2.24) is 5.32 Å². The van der Waals surface area contributed by atoms with Crippen molar-refractivity contribution >= 4 is 40.6 Å². The number of ether oxygens (including phenoxy) is 1. The highest BCUT2D eigenvalue weighted by Crippen LogP contribution is 2.25. The minimum absolute atomic E-state index is 0.139. The van der Waals surface area contributed by atoms with E-state index in [-0.39, 0.29) is 6.04 Å². The van der Waals surface area contributed by atoms with Gasteiger partial charge in [0.2, 0.25) is 0 Å². The number of carbonyl (C=O) groups excluding carboxylic acids is 1. The SMILES string of the molecule is COC(=O)c1ccc(Cl)c(NC(=S)N[C@H](c2ccccc2)c2ccc(C)cc2)c1. The normalized spacial score (nSPS) is 11.4. The van der Waals surface area contributed by atoms with Crippen molar-refractivity contribution in [1.29, 1.82) is 0 Å². The van der Waals surface area contributed by atoms with Crippen LogP contribution >= 0.6 is 23.8 Å². The van der Waals surface area contributed by atoms with Crippen molar-refractivity contribution in [2.45, 2.75) is 13.0 Å². The molecule has 6 heteroatoms. The lowest BCUT2D eigenvalue weighted by atomic mass is 9.98. The third-order valence-corrected chi connectivity index (χ3v) is 5.00. The highest BCUT2D eigenvalue weighted by Gasteiger charge is 2.16. The lowest BCUT2D eigenvalue weighted by molar-refractivity contribution is 0.0601. The topological polar surface area (TPSA) is 50.4 Å². The molecule has 148 valence electrons. The van der Waals surface area contributed by atoms with E-state index < -0.39 is 5.97 Å². The van der Waals surface area contributed by atoms with Crippen LogP contribution in [0.2, 0.25) is 5.02 Å². The Bertz CT molecular complexity index is 1010. The van der Waals surface area contributed by atoms with Crippen LogP contribution in [0.3, 0.4) is 0 Å². The lowest BCUT2D eigenvalue weighted by Crippen LogP contribution is -2.33. The predicted octanol–water partition coefficient (Wildman–Crippen LogP) is 5.51. The van der Waals surface area contributed by atoms with Gasteiger partial charge >= 0.3 is 5.97 Å². The molecule has 0 aliphatic carbocycles. The molecule has 3 aromatic carbocycles. The molecule has 0 aliphatic heterocycles. The van der Waals surface area contributed by atoms with Crippen LogP contribution in [0.1, 0.15) is 33.1 Å². The van der Waals surface area contributed by atoms with E-state index in [1.165, 1.54) is 12.7 Å². The summed E-state index contributed by atoms with van der Waals surface area (Å²) in [6.07, 6.45) is 0. The average Bonchev–Trinajstić information content (AvgIpc) is 2.74. The number of carbonyl (C=O) groups is 1. The Morgan fingerprint density at radius 3 is 2.31 bits per heavy atom. The van der Waals surface area contributed by atoms with Crippen LogP contribution < -0.4 is 10.6 Å². The first-order valence-electron chi connectivity index (χ1n) is 9.05. The molecule has 0 bridgehead atoms. The summed E-state index contributed by atoms with van der Waals surface area (Å²) in [6, 6.07) is 23.1. The molecule has 4 nitrogen and oxygen atoms in total. The number of nitrogens with one attached hydrogen (secondary N) is 2. The number of halogens is 1. The zero-order valence-electron chi connectivity index (χ0n) is 16.1. The van der Waals surface area contributed by atoms with Crippen LogP contribution in [-0.4, -0.2) is 18.2 Å². The number of thiocarbonyl (C=S) groups is 1. The van der Waals surface area contributed by atoms with Crippen LogP contribution in [0.15, 0.2) is 72.8 Å². The standard InChI is InChI=1S/C23H21ClN2O2S/c1-15-8-10-17(11-9-15)21(16-6-4-3-5-7-16)26-23(29)25-20-14-18(22(27)28-2)12-13-19(20)24/h3-14,21H,1-2H3,(H2,25,26,29)/t21-/m1/s1. The molecule has 3 aromatic rings. The summed E-state index contributed by atoms with van der Waals surface area (Å²) < 4.78 is 4.77. The van der Waals surface area contributed by atoms with E-state index in [1.54, 1.807) is 18.2 Å². The quantitative estimate of drug-likeness (QED) is 0.417. The van der Waals surface area contributed by atoms with E-state index >= 15 is 0 Å². The number of hydrogen-bond donors (Lipinski definition) is 2. The molecule has 29 heavy (non-hydrogen) atoms. The number of esters is 1. The van der Waals surface area contributed by atoms with Gasteiger partial charge in [-0.2, -0.15) is 0 Å². The van der Waals surface area contributed by atoms with Gasteiger partial charge in [0.15, 0.2) is 5.11 Å². The first-order chi connectivity index (χ1) is 14.0. The minimum Gasteiger partial charge on any atom is -0.465 e. The summed E-state index contributed by atoms with van der Waals surface area (Å²) in [5, 5.41) is 7.29. The first-order valence-corrected chi connectivity index (χ1v) is 9.83. The fourth-order valence-corrected chi connectivity index (χ4v) is 3.31. The van der Waals surface area contributed by atoms with Crippen molar-refractivity contribution in [3.8, 4) is 0 Å². The predicted molar refractivity (Wildman–Crippen MR) is 122 cm³/mol. The van der Waals surface area contributed by atoms with Crippen LogP contribution in [0.5, 0.6) is 0 Å². The molecule has 0 aromatic heterocycles. The van der Waals surface area contributed by atoms with Gasteiger partial charge in [0.25, 0.3) is 0 Å². The number of aryl methyl sites for hydroxylation is 1. The molecule has 0 radical (unpaired) electrons. The third-order valence-electron chi connectivity index (χ3n) is 4.45. The molecular weight excluding hydrogens is 404 g/mol. The van der Waals surface area contributed by atoms with Crippen molar-refractivity contribution in [3.63, 3.8) is 0 Å². The van der Waals surface area contributed by atoms with Crippen LogP contribution in [0.25, 0.3) is 0 Å². The van der Waals surface area contributed by atoms with Crippen molar-refractivity contribution in [3.05, 3.63) is 100 Å². The van der Waals surface area contributed by atoms with Gasteiger partial charge < -0.3 is 15.4 Å². The number of rotatable bonds is 5. The van der Waals surface area contributed by atoms with Gasteiger partial charge in [0.05, 0.1) is 29.4 Å². The van der Waals surface area contributed by atoms with Gasteiger partial charge in [0.1, 0.15) is 0 Å². The zero-order valence-corrected chi connectivity index (χ0v) is 17.7. The van der Waals surface area contributed by atoms with E-state index in [1.807, 2.05) is 30.3 Å². The fourth-order valence-electron chi connectivity index (χ4n) is 2.92. The monoisotopic (exact) mass is 424 g/mol. The van der Waals surface area contributed by atoms with Crippen LogP contribution in [-0.2, 0) is 4.74 Å². The van der Waals surface area contributed by atoms with Crippen LogP contribution in [0.4, 0.5) is 5.69 Å². The van der Waals surface area contributed by atoms with Gasteiger partial charge in [-0.15, -0.1) is 0 Å². The van der Waals surface area contributed by atoms with Gasteiger partial charge in [-0.1, -0.05) is 71.8 Å². The molecule has 0 amide bonds. The Hall–Kier alpha value is -2.89. The largest absolute Gasteiger partial charge is 0.465 e. The van der Waals surface area contributed by atoms with Crippen molar-refractivity contribution in [2.75, 3.05) is 12.4 Å². The van der Waals surface area contributed by atoms with Gasteiger partial charge in [0, 0.05) is 0 Å². The number of hydrogen-bond acceptors (Lipinski definition) is 3. The Morgan fingerprint density at radius 1 is 1.00 bits per heavy atom. The maximum atomic E-state index is 11.8.